The number of aliphatic hydroxyl groups excluding tert-OH is 1. The van der Waals surface area contributed by atoms with E-state index in [-0.39, 0.29) is 6.54 Å². The maximum absolute atomic E-state index is 10.2. The second-order valence-corrected chi connectivity index (χ2v) is 6.78. The van der Waals surface area contributed by atoms with Crippen LogP contribution in [0.25, 0.3) is 0 Å². The summed E-state index contributed by atoms with van der Waals surface area (Å²) in [5, 5.41) is 16.6. The molecule has 23 heavy (non-hydrogen) atoms. The third kappa shape index (κ3) is 6.25. The van der Waals surface area contributed by atoms with Crippen LogP contribution in [0.3, 0.4) is 0 Å². The van der Waals surface area contributed by atoms with Crippen LogP contribution >= 0.6 is 22.9 Å². The molecule has 1 atom stereocenters. The molecule has 5 nitrogen and oxygen atoms in total. The number of furan rings is 1. The Labute approximate surface area is 145 Å². The van der Waals surface area contributed by atoms with Crippen LogP contribution < -0.4 is 10.6 Å². The Kier molecular flexibility index (Phi) is 7.45. The van der Waals surface area contributed by atoms with E-state index in [1.807, 2.05) is 18.2 Å². The van der Waals surface area contributed by atoms with Crippen molar-refractivity contribution in [1.29, 1.82) is 0 Å². The van der Waals surface area contributed by atoms with Gasteiger partial charge in [0, 0.05) is 24.4 Å². The first-order chi connectivity index (χ1) is 11.2. The second-order valence-electron chi connectivity index (χ2n) is 5.03. The first kappa shape index (κ1) is 17.8. The summed E-state index contributed by atoms with van der Waals surface area (Å²) in [4.78, 5) is 5.27. The van der Waals surface area contributed by atoms with Gasteiger partial charge in [0.05, 0.1) is 17.1 Å². The lowest BCUT2D eigenvalue weighted by atomic mass is 10.3. The van der Waals surface area contributed by atoms with Crippen LogP contribution in [0, 0.1) is 0 Å². The molecule has 0 aliphatic carbocycles. The predicted molar refractivity (Wildman–Crippen MR) is 95.3 cm³/mol. The fourth-order valence-corrected chi connectivity index (χ4v) is 2.99. The predicted octanol–water partition coefficient (Wildman–Crippen LogP) is 3.22. The lowest BCUT2D eigenvalue weighted by Gasteiger charge is -2.13. The van der Waals surface area contributed by atoms with Crippen molar-refractivity contribution in [3.63, 3.8) is 0 Å². The number of nitrogens with zero attached hydrogens (tertiary/aromatic N) is 1. The van der Waals surface area contributed by atoms with Crippen LogP contribution in [0.1, 0.15) is 30.1 Å². The van der Waals surface area contributed by atoms with Gasteiger partial charge in [-0.3, -0.25) is 4.99 Å². The number of halogens is 1. The molecule has 0 radical (unpaired) electrons. The summed E-state index contributed by atoms with van der Waals surface area (Å²) < 4.78 is 5.97. The molecule has 0 saturated heterocycles. The number of aliphatic hydroxyl groups is 1. The minimum Gasteiger partial charge on any atom is -0.469 e. The van der Waals surface area contributed by atoms with E-state index in [1.165, 1.54) is 11.3 Å². The van der Waals surface area contributed by atoms with Gasteiger partial charge < -0.3 is 20.2 Å². The zero-order valence-electron chi connectivity index (χ0n) is 13.1. The third-order valence-electron chi connectivity index (χ3n) is 3.13. The molecule has 3 N–H and O–H groups in total. The fraction of sp³-hybridized carbons (Fsp3) is 0.438. The monoisotopic (exact) mass is 355 g/mol. The van der Waals surface area contributed by atoms with Gasteiger partial charge in [-0.2, -0.15) is 0 Å². The van der Waals surface area contributed by atoms with E-state index < -0.39 is 6.10 Å². The molecule has 0 spiro atoms. The van der Waals surface area contributed by atoms with Crippen molar-refractivity contribution in [3.05, 3.63) is 45.5 Å². The van der Waals surface area contributed by atoms with Crippen molar-refractivity contribution in [1.82, 2.24) is 10.6 Å². The van der Waals surface area contributed by atoms with Crippen molar-refractivity contribution in [3.8, 4) is 0 Å². The standard InChI is InChI=1S/C16H22ClN3O2S/c1-2-8-18-16(19-9-7-12-4-3-10-22-12)20-11-13(21)14-5-6-15(17)23-14/h3-6,10,13,21H,2,7-9,11H2,1H3,(H2,18,19,20). The molecular formula is C16H22ClN3O2S. The highest BCUT2D eigenvalue weighted by Gasteiger charge is 2.10. The van der Waals surface area contributed by atoms with Crippen LogP contribution in [-0.4, -0.2) is 30.7 Å². The quantitative estimate of drug-likeness (QED) is 0.502. The van der Waals surface area contributed by atoms with Gasteiger partial charge in [0.25, 0.3) is 0 Å². The number of aliphatic imine (C=N–C) groups is 1. The molecule has 2 rings (SSSR count). The largest absolute Gasteiger partial charge is 0.469 e. The summed E-state index contributed by atoms with van der Waals surface area (Å²) >= 11 is 7.27. The first-order valence-electron chi connectivity index (χ1n) is 7.67. The molecule has 0 aliphatic heterocycles. The highest BCUT2D eigenvalue weighted by atomic mass is 35.5. The molecule has 7 heteroatoms. The topological polar surface area (TPSA) is 69.8 Å². The Balaban J connectivity index is 1.85. The number of thiophene rings is 1. The Morgan fingerprint density at radius 3 is 2.83 bits per heavy atom. The van der Waals surface area contributed by atoms with Gasteiger partial charge in [0.15, 0.2) is 5.96 Å². The normalized spacial score (nSPS) is 13.1. The van der Waals surface area contributed by atoms with Crippen LogP contribution in [0.2, 0.25) is 4.34 Å². The molecule has 2 aromatic rings. The van der Waals surface area contributed by atoms with Gasteiger partial charge in [-0.25, -0.2) is 0 Å². The number of guanidine groups is 1. The molecule has 0 bridgehead atoms. The second kappa shape index (κ2) is 9.60. The minimum atomic E-state index is -0.641. The van der Waals surface area contributed by atoms with Crippen LogP contribution in [0.15, 0.2) is 39.9 Å². The van der Waals surface area contributed by atoms with E-state index in [4.69, 9.17) is 16.0 Å². The summed E-state index contributed by atoms with van der Waals surface area (Å²) in [7, 11) is 0. The maximum Gasteiger partial charge on any atom is 0.191 e. The van der Waals surface area contributed by atoms with Gasteiger partial charge >= 0.3 is 0 Å². The summed E-state index contributed by atoms with van der Waals surface area (Å²) in [6, 6.07) is 7.44. The molecule has 126 valence electrons. The van der Waals surface area contributed by atoms with Gasteiger partial charge in [-0.1, -0.05) is 18.5 Å². The van der Waals surface area contributed by atoms with Crippen molar-refractivity contribution in [2.45, 2.75) is 25.9 Å². The number of rotatable bonds is 8. The molecule has 0 amide bonds. The third-order valence-corrected chi connectivity index (χ3v) is 4.46. The molecule has 0 saturated carbocycles. The SMILES string of the molecule is CCCNC(=NCC(O)c1ccc(Cl)s1)NCCc1ccco1. The van der Waals surface area contributed by atoms with Gasteiger partial charge in [-0.05, 0) is 30.7 Å². The number of hydrogen-bond donors (Lipinski definition) is 3. The summed E-state index contributed by atoms with van der Waals surface area (Å²) in [5.74, 6) is 1.63. The van der Waals surface area contributed by atoms with Crippen molar-refractivity contribution < 1.29 is 9.52 Å². The Morgan fingerprint density at radius 2 is 2.17 bits per heavy atom. The van der Waals surface area contributed by atoms with E-state index in [0.717, 1.165) is 30.0 Å². The highest BCUT2D eigenvalue weighted by Crippen LogP contribution is 2.26. The van der Waals surface area contributed by atoms with Crippen LogP contribution in [0.5, 0.6) is 0 Å². The first-order valence-corrected chi connectivity index (χ1v) is 8.86. The average Bonchev–Trinajstić information content (AvgIpc) is 3.20. The smallest absolute Gasteiger partial charge is 0.191 e. The maximum atomic E-state index is 10.2. The molecule has 0 fully saturated rings. The fourth-order valence-electron chi connectivity index (χ4n) is 1.95. The zero-order chi connectivity index (χ0) is 16.5. The van der Waals surface area contributed by atoms with E-state index >= 15 is 0 Å². The molecule has 0 aromatic carbocycles. The summed E-state index contributed by atoms with van der Waals surface area (Å²) in [6.07, 6.45) is 2.81. The zero-order valence-corrected chi connectivity index (χ0v) is 14.7. The van der Waals surface area contributed by atoms with E-state index in [2.05, 4.69) is 22.5 Å². The van der Waals surface area contributed by atoms with E-state index in [0.29, 0.717) is 16.8 Å². The van der Waals surface area contributed by atoms with Crippen LogP contribution in [-0.2, 0) is 6.42 Å². The van der Waals surface area contributed by atoms with Crippen molar-refractivity contribution in [2.75, 3.05) is 19.6 Å². The highest BCUT2D eigenvalue weighted by molar-refractivity contribution is 7.16. The lowest BCUT2D eigenvalue weighted by molar-refractivity contribution is 0.191. The number of nitrogens with one attached hydrogen (secondary N) is 2. The molecule has 2 aromatic heterocycles. The van der Waals surface area contributed by atoms with E-state index in [1.54, 1.807) is 12.3 Å². The Morgan fingerprint density at radius 1 is 1.35 bits per heavy atom. The van der Waals surface area contributed by atoms with Crippen LogP contribution in [0.4, 0.5) is 0 Å². The minimum absolute atomic E-state index is 0.288. The average molecular weight is 356 g/mol. The summed E-state index contributed by atoms with van der Waals surface area (Å²) in [6.45, 7) is 3.92. The van der Waals surface area contributed by atoms with Gasteiger partial charge in [-0.15, -0.1) is 11.3 Å². The molecule has 0 aliphatic rings. The number of hydrogen-bond acceptors (Lipinski definition) is 4. The molecule has 2 heterocycles. The molecule has 1 unspecified atom stereocenters. The van der Waals surface area contributed by atoms with Gasteiger partial charge in [0.1, 0.15) is 11.9 Å². The van der Waals surface area contributed by atoms with Crippen molar-refractivity contribution >= 4 is 28.9 Å². The van der Waals surface area contributed by atoms with E-state index in [9.17, 15) is 5.11 Å². The van der Waals surface area contributed by atoms with Crippen molar-refractivity contribution in [2.24, 2.45) is 4.99 Å². The lowest BCUT2D eigenvalue weighted by Crippen LogP contribution is -2.39. The Hall–Kier alpha value is -1.50. The summed E-state index contributed by atoms with van der Waals surface area (Å²) in [5.41, 5.74) is 0. The molecular weight excluding hydrogens is 334 g/mol. The Bertz CT molecular complexity index is 598. The van der Waals surface area contributed by atoms with Gasteiger partial charge in [0.2, 0.25) is 0 Å².